The van der Waals surface area contributed by atoms with Crippen molar-refractivity contribution >= 4 is 24.0 Å². The molecule has 0 aliphatic rings. The lowest BCUT2D eigenvalue weighted by molar-refractivity contribution is 0.402. The normalized spacial score (nSPS) is 9.67. The van der Waals surface area contributed by atoms with Crippen molar-refractivity contribution in [2.24, 2.45) is 0 Å². The third-order valence-electron chi connectivity index (χ3n) is 1.29. The molecule has 0 aromatic carbocycles. The molecular weight excluding hydrogens is 195 g/mol. The highest BCUT2D eigenvalue weighted by molar-refractivity contribution is 6.29. The number of hydrogen-bond acceptors (Lipinski definition) is 2. The van der Waals surface area contributed by atoms with Crippen LogP contribution >= 0.6 is 24.0 Å². The van der Waals surface area contributed by atoms with Gasteiger partial charge in [-0.1, -0.05) is 17.7 Å². The summed E-state index contributed by atoms with van der Waals surface area (Å²) in [5.41, 5.74) is 1.18. The van der Waals surface area contributed by atoms with Gasteiger partial charge in [0.2, 0.25) is 0 Å². The Morgan fingerprint density at radius 2 is 2.08 bits per heavy atom. The maximum atomic E-state index is 5.62. The van der Waals surface area contributed by atoms with E-state index < -0.39 is 0 Å². The van der Waals surface area contributed by atoms with E-state index >= 15 is 0 Å². The summed E-state index contributed by atoms with van der Waals surface area (Å²) in [6.45, 7) is 0.907. The zero-order chi connectivity index (χ0) is 8.27. The van der Waals surface area contributed by atoms with Crippen LogP contribution in [0.5, 0.6) is 0 Å². The minimum Gasteiger partial charge on any atom is -0.305 e. The number of aromatic nitrogens is 1. The van der Waals surface area contributed by atoms with Crippen molar-refractivity contribution in [2.45, 2.75) is 6.54 Å². The molecule has 0 N–H and O–H groups in total. The fourth-order valence-electron chi connectivity index (χ4n) is 0.865. The Kier molecular flexibility index (Phi) is 5.22. The molecule has 68 valence electrons. The minimum absolute atomic E-state index is 0. The van der Waals surface area contributed by atoms with Gasteiger partial charge in [-0.2, -0.15) is 0 Å². The van der Waals surface area contributed by atoms with Crippen molar-refractivity contribution in [3.63, 3.8) is 0 Å². The van der Waals surface area contributed by atoms with Gasteiger partial charge in [0.25, 0.3) is 0 Å². The average Bonchev–Trinajstić information content (AvgIpc) is 1.93. The molecule has 0 spiro atoms. The highest BCUT2D eigenvalue weighted by Crippen LogP contribution is 2.05. The van der Waals surface area contributed by atoms with Gasteiger partial charge in [0.05, 0.1) is 0 Å². The van der Waals surface area contributed by atoms with Crippen LogP contribution in [-0.2, 0) is 6.54 Å². The smallest absolute Gasteiger partial charge is 0.129 e. The summed E-state index contributed by atoms with van der Waals surface area (Å²) >= 11 is 5.62. The predicted octanol–water partition coefficient (Wildman–Crippen LogP) is 2.22. The zero-order valence-electron chi connectivity index (χ0n) is 7.12. The Balaban J connectivity index is 0.00000121. The van der Waals surface area contributed by atoms with Crippen LogP contribution in [0, 0.1) is 0 Å². The summed E-state index contributed by atoms with van der Waals surface area (Å²) < 4.78 is 0. The molecule has 1 aromatic rings. The molecule has 0 aliphatic heterocycles. The lowest BCUT2D eigenvalue weighted by Gasteiger charge is -2.08. The van der Waals surface area contributed by atoms with Crippen molar-refractivity contribution in [2.75, 3.05) is 14.1 Å². The van der Waals surface area contributed by atoms with E-state index in [9.17, 15) is 0 Å². The molecule has 0 unspecified atom stereocenters. The summed E-state index contributed by atoms with van der Waals surface area (Å²) in [4.78, 5) is 6.06. The molecule has 0 radical (unpaired) electrons. The van der Waals surface area contributed by atoms with E-state index in [1.54, 1.807) is 12.3 Å². The molecule has 1 rings (SSSR count). The third kappa shape index (κ3) is 3.90. The molecular formula is C8H12Cl2N2. The molecule has 0 aliphatic carbocycles. The van der Waals surface area contributed by atoms with Crippen LogP contribution in [-0.4, -0.2) is 24.0 Å². The first-order valence-electron chi connectivity index (χ1n) is 3.43. The van der Waals surface area contributed by atoms with Gasteiger partial charge >= 0.3 is 0 Å². The molecule has 12 heavy (non-hydrogen) atoms. The van der Waals surface area contributed by atoms with E-state index in [0.29, 0.717) is 5.15 Å². The first-order valence-corrected chi connectivity index (χ1v) is 3.81. The molecule has 0 saturated carbocycles. The van der Waals surface area contributed by atoms with Gasteiger partial charge in [0.1, 0.15) is 5.15 Å². The van der Waals surface area contributed by atoms with Crippen LogP contribution < -0.4 is 0 Å². The van der Waals surface area contributed by atoms with Crippen LogP contribution in [0.25, 0.3) is 0 Å². The lowest BCUT2D eigenvalue weighted by atomic mass is 10.3. The molecule has 0 bridgehead atoms. The van der Waals surface area contributed by atoms with E-state index in [-0.39, 0.29) is 12.4 Å². The largest absolute Gasteiger partial charge is 0.305 e. The minimum atomic E-state index is 0. The fourth-order valence-corrected chi connectivity index (χ4v) is 0.977. The van der Waals surface area contributed by atoms with Gasteiger partial charge in [-0.25, -0.2) is 4.98 Å². The van der Waals surface area contributed by atoms with E-state index in [4.69, 9.17) is 11.6 Å². The van der Waals surface area contributed by atoms with Gasteiger partial charge in [0, 0.05) is 12.7 Å². The summed E-state index contributed by atoms with van der Waals surface area (Å²) in [5.74, 6) is 0. The Labute approximate surface area is 84.0 Å². The van der Waals surface area contributed by atoms with Crippen LogP contribution in [0.15, 0.2) is 18.3 Å². The Morgan fingerprint density at radius 1 is 1.42 bits per heavy atom. The van der Waals surface area contributed by atoms with E-state index in [2.05, 4.69) is 9.88 Å². The lowest BCUT2D eigenvalue weighted by Crippen LogP contribution is -2.10. The second kappa shape index (κ2) is 5.36. The topological polar surface area (TPSA) is 16.1 Å². The Morgan fingerprint density at radius 3 is 2.50 bits per heavy atom. The third-order valence-corrected chi connectivity index (χ3v) is 1.51. The first-order chi connectivity index (χ1) is 5.18. The van der Waals surface area contributed by atoms with Crippen molar-refractivity contribution in [3.05, 3.63) is 29.0 Å². The van der Waals surface area contributed by atoms with Gasteiger partial charge in [0.15, 0.2) is 0 Å². The van der Waals surface area contributed by atoms with Crippen molar-refractivity contribution in [3.8, 4) is 0 Å². The molecule has 1 aromatic heterocycles. The summed E-state index contributed by atoms with van der Waals surface area (Å²) in [5, 5.41) is 0.549. The molecule has 4 heteroatoms. The van der Waals surface area contributed by atoms with Crippen LogP contribution in [0.4, 0.5) is 0 Å². The average molecular weight is 207 g/mol. The molecule has 0 saturated heterocycles. The van der Waals surface area contributed by atoms with Crippen LogP contribution in [0.3, 0.4) is 0 Å². The molecule has 1 heterocycles. The Hall–Kier alpha value is -0.310. The zero-order valence-corrected chi connectivity index (χ0v) is 8.69. The number of pyridine rings is 1. The van der Waals surface area contributed by atoms with E-state index in [0.717, 1.165) is 6.54 Å². The highest BCUT2D eigenvalue weighted by Gasteiger charge is 1.94. The van der Waals surface area contributed by atoms with Crippen molar-refractivity contribution < 1.29 is 0 Å². The first kappa shape index (κ1) is 11.7. The van der Waals surface area contributed by atoms with E-state index in [1.807, 2.05) is 20.2 Å². The molecule has 0 atom stereocenters. The molecule has 2 nitrogen and oxygen atoms in total. The fraction of sp³-hybridized carbons (Fsp3) is 0.375. The summed E-state index contributed by atoms with van der Waals surface area (Å²) in [6.07, 6.45) is 1.79. The van der Waals surface area contributed by atoms with Gasteiger partial charge in [-0.15, -0.1) is 12.4 Å². The van der Waals surface area contributed by atoms with Crippen molar-refractivity contribution in [1.29, 1.82) is 0 Å². The standard InChI is InChI=1S/C8H11ClN2.ClH/c1-11(2)6-7-3-4-8(9)10-5-7;/h3-5H,6H2,1-2H3;1H. The predicted molar refractivity (Wildman–Crippen MR) is 53.9 cm³/mol. The van der Waals surface area contributed by atoms with E-state index in [1.165, 1.54) is 5.56 Å². The second-order valence-electron chi connectivity index (χ2n) is 2.73. The maximum Gasteiger partial charge on any atom is 0.129 e. The number of rotatable bonds is 2. The van der Waals surface area contributed by atoms with Crippen LogP contribution in [0.1, 0.15) is 5.56 Å². The summed E-state index contributed by atoms with van der Waals surface area (Å²) in [6, 6.07) is 3.79. The van der Waals surface area contributed by atoms with Gasteiger partial charge < -0.3 is 4.90 Å². The van der Waals surface area contributed by atoms with Crippen LogP contribution in [0.2, 0.25) is 5.15 Å². The monoisotopic (exact) mass is 206 g/mol. The number of halogens is 2. The Bertz CT molecular complexity index is 221. The number of nitrogens with zero attached hydrogens (tertiary/aromatic N) is 2. The SMILES string of the molecule is CN(C)Cc1ccc(Cl)nc1.Cl. The number of hydrogen-bond donors (Lipinski definition) is 0. The maximum absolute atomic E-state index is 5.62. The molecule has 0 fully saturated rings. The van der Waals surface area contributed by atoms with Crippen molar-refractivity contribution in [1.82, 2.24) is 9.88 Å². The van der Waals surface area contributed by atoms with Gasteiger partial charge in [-0.05, 0) is 25.7 Å². The molecule has 0 amide bonds. The second-order valence-corrected chi connectivity index (χ2v) is 3.11. The quantitative estimate of drug-likeness (QED) is 0.691. The van der Waals surface area contributed by atoms with Gasteiger partial charge in [-0.3, -0.25) is 0 Å². The highest BCUT2D eigenvalue weighted by atomic mass is 35.5. The summed E-state index contributed by atoms with van der Waals surface area (Å²) in [7, 11) is 4.04.